The van der Waals surface area contributed by atoms with E-state index < -0.39 is 0 Å². The van der Waals surface area contributed by atoms with E-state index in [0.29, 0.717) is 11.4 Å². The third kappa shape index (κ3) is 1.94. The molecule has 0 atom stereocenters. The van der Waals surface area contributed by atoms with E-state index in [9.17, 15) is 0 Å². The van der Waals surface area contributed by atoms with E-state index in [1.165, 1.54) is 0 Å². The van der Waals surface area contributed by atoms with Crippen molar-refractivity contribution < 1.29 is 4.74 Å². The summed E-state index contributed by atoms with van der Waals surface area (Å²) in [6, 6.07) is 3.60. The van der Waals surface area contributed by atoms with Gasteiger partial charge in [-0.15, -0.1) is 0 Å². The number of hydrogen-bond donors (Lipinski definition) is 0. The smallest absolute Gasteiger partial charge is 0.128 e. The average Bonchev–Trinajstić information content (AvgIpc) is 2.14. The Balaban J connectivity index is 3.40. The van der Waals surface area contributed by atoms with Crippen molar-refractivity contribution in [1.29, 1.82) is 0 Å². The second-order valence-electron chi connectivity index (χ2n) is 2.41. The predicted octanol–water partition coefficient (Wildman–Crippen LogP) is 3.71. The molecule has 0 aliphatic carbocycles. The summed E-state index contributed by atoms with van der Waals surface area (Å²) in [5, 5.41) is 3.56. The van der Waals surface area contributed by atoms with Crippen LogP contribution in [0.3, 0.4) is 0 Å². The van der Waals surface area contributed by atoms with E-state index in [4.69, 9.17) is 10.3 Å². The predicted molar refractivity (Wildman–Crippen MR) is 54.2 cm³/mol. The standard InChI is InChI=1S/C8H8BrN3O/c1-5-6(9)3-4-7(13-2)8(5)11-12-10/h3-4H,1-2H3. The van der Waals surface area contributed by atoms with Gasteiger partial charge in [0.25, 0.3) is 0 Å². The highest BCUT2D eigenvalue weighted by Crippen LogP contribution is 2.35. The number of rotatable bonds is 2. The monoisotopic (exact) mass is 241 g/mol. The molecule has 0 aliphatic rings. The van der Waals surface area contributed by atoms with Crippen molar-refractivity contribution in [1.82, 2.24) is 0 Å². The van der Waals surface area contributed by atoms with Crippen LogP contribution >= 0.6 is 15.9 Å². The Bertz CT molecular complexity index is 372. The van der Waals surface area contributed by atoms with Gasteiger partial charge in [0.05, 0.1) is 12.8 Å². The zero-order valence-corrected chi connectivity index (χ0v) is 8.87. The third-order valence-corrected chi connectivity index (χ3v) is 2.55. The first-order chi connectivity index (χ1) is 6.20. The van der Waals surface area contributed by atoms with Crippen LogP contribution < -0.4 is 4.74 Å². The Kier molecular flexibility index (Phi) is 3.17. The van der Waals surface area contributed by atoms with Crippen molar-refractivity contribution in [3.8, 4) is 5.75 Å². The van der Waals surface area contributed by atoms with Crippen LogP contribution in [0.5, 0.6) is 5.75 Å². The van der Waals surface area contributed by atoms with E-state index in [1.807, 2.05) is 13.0 Å². The van der Waals surface area contributed by atoms with Crippen LogP contribution in [0.2, 0.25) is 0 Å². The van der Waals surface area contributed by atoms with E-state index in [-0.39, 0.29) is 0 Å². The molecule has 0 aromatic heterocycles. The minimum Gasteiger partial charge on any atom is -0.496 e. The lowest BCUT2D eigenvalue weighted by Crippen LogP contribution is -1.85. The van der Waals surface area contributed by atoms with Crippen LogP contribution in [0.4, 0.5) is 5.69 Å². The quantitative estimate of drug-likeness (QED) is 0.443. The van der Waals surface area contributed by atoms with Gasteiger partial charge in [0.15, 0.2) is 0 Å². The van der Waals surface area contributed by atoms with Gasteiger partial charge in [0, 0.05) is 9.38 Å². The summed E-state index contributed by atoms with van der Waals surface area (Å²) in [5.41, 5.74) is 9.74. The molecule has 0 N–H and O–H groups in total. The van der Waals surface area contributed by atoms with Crippen molar-refractivity contribution in [2.75, 3.05) is 7.11 Å². The number of ether oxygens (including phenoxy) is 1. The number of halogens is 1. The average molecular weight is 242 g/mol. The van der Waals surface area contributed by atoms with Crippen LogP contribution in [-0.2, 0) is 0 Å². The first-order valence-corrected chi connectivity index (χ1v) is 4.38. The second kappa shape index (κ2) is 4.16. The fourth-order valence-electron chi connectivity index (χ4n) is 0.984. The van der Waals surface area contributed by atoms with E-state index in [1.54, 1.807) is 13.2 Å². The third-order valence-electron chi connectivity index (χ3n) is 1.69. The molecule has 1 aromatic carbocycles. The minimum atomic E-state index is 0.527. The highest BCUT2D eigenvalue weighted by Gasteiger charge is 2.06. The first kappa shape index (κ1) is 9.89. The van der Waals surface area contributed by atoms with Gasteiger partial charge in [-0.1, -0.05) is 21.0 Å². The Morgan fingerprint density at radius 3 is 2.77 bits per heavy atom. The molecule has 68 valence electrons. The highest BCUT2D eigenvalue weighted by atomic mass is 79.9. The largest absolute Gasteiger partial charge is 0.496 e. The molecular formula is C8H8BrN3O. The summed E-state index contributed by atoms with van der Waals surface area (Å²) in [6.07, 6.45) is 0. The molecule has 13 heavy (non-hydrogen) atoms. The summed E-state index contributed by atoms with van der Waals surface area (Å²) in [4.78, 5) is 2.74. The maximum atomic E-state index is 8.34. The van der Waals surface area contributed by atoms with Gasteiger partial charge in [0.1, 0.15) is 5.75 Å². The van der Waals surface area contributed by atoms with Gasteiger partial charge in [-0.25, -0.2) is 0 Å². The fourth-order valence-corrected chi connectivity index (χ4v) is 1.30. The Hall–Kier alpha value is -1.19. The van der Waals surface area contributed by atoms with Crippen molar-refractivity contribution in [2.24, 2.45) is 5.11 Å². The lowest BCUT2D eigenvalue weighted by molar-refractivity contribution is 0.415. The summed E-state index contributed by atoms with van der Waals surface area (Å²) in [7, 11) is 1.54. The molecule has 0 spiro atoms. The van der Waals surface area contributed by atoms with E-state index in [0.717, 1.165) is 10.0 Å². The van der Waals surface area contributed by atoms with Gasteiger partial charge in [-0.2, -0.15) is 0 Å². The SMILES string of the molecule is COc1ccc(Br)c(C)c1N=[N+]=[N-]. The maximum absolute atomic E-state index is 8.34. The topological polar surface area (TPSA) is 58.0 Å². The molecule has 1 aromatic rings. The molecule has 5 heteroatoms. The van der Waals surface area contributed by atoms with Crippen LogP contribution in [0.15, 0.2) is 21.7 Å². The van der Waals surface area contributed by atoms with Gasteiger partial charge < -0.3 is 4.74 Å². The van der Waals surface area contributed by atoms with Crippen LogP contribution in [0.25, 0.3) is 10.4 Å². The molecule has 0 radical (unpaired) electrons. The van der Waals surface area contributed by atoms with Crippen LogP contribution in [-0.4, -0.2) is 7.11 Å². The Morgan fingerprint density at radius 2 is 2.23 bits per heavy atom. The van der Waals surface area contributed by atoms with Crippen molar-refractivity contribution in [3.05, 3.63) is 32.6 Å². The fraction of sp³-hybridized carbons (Fsp3) is 0.250. The minimum absolute atomic E-state index is 0.527. The van der Waals surface area contributed by atoms with Gasteiger partial charge in [0.2, 0.25) is 0 Å². The summed E-state index contributed by atoms with van der Waals surface area (Å²) < 4.78 is 5.95. The van der Waals surface area contributed by atoms with Gasteiger partial charge in [-0.05, 0) is 30.2 Å². The number of nitrogens with zero attached hydrogens (tertiary/aromatic N) is 3. The number of benzene rings is 1. The molecule has 0 heterocycles. The second-order valence-corrected chi connectivity index (χ2v) is 3.27. The summed E-state index contributed by atoms with van der Waals surface area (Å²) >= 11 is 3.34. The number of methoxy groups -OCH3 is 1. The molecule has 0 amide bonds. The number of hydrogen-bond acceptors (Lipinski definition) is 2. The number of azide groups is 1. The van der Waals surface area contributed by atoms with Crippen molar-refractivity contribution in [2.45, 2.75) is 6.92 Å². The summed E-state index contributed by atoms with van der Waals surface area (Å²) in [5.74, 6) is 0.582. The first-order valence-electron chi connectivity index (χ1n) is 3.59. The molecular weight excluding hydrogens is 234 g/mol. The maximum Gasteiger partial charge on any atom is 0.128 e. The zero-order chi connectivity index (χ0) is 9.84. The Labute approximate surface area is 84.3 Å². The Morgan fingerprint density at radius 1 is 1.54 bits per heavy atom. The van der Waals surface area contributed by atoms with Crippen molar-refractivity contribution in [3.63, 3.8) is 0 Å². The lowest BCUT2D eigenvalue weighted by atomic mass is 10.2. The molecule has 0 bridgehead atoms. The highest BCUT2D eigenvalue weighted by molar-refractivity contribution is 9.10. The summed E-state index contributed by atoms with van der Waals surface area (Å²) in [6.45, 7) is 1.86. The lowest BCUT2D eigenvalue weighted by Gasteiger charge is -2.07. The van der Waals surface area contributed by atoms with E-state index in [2.05, 4.69) is 26.0 Å². The van der Waals surface area contributed by atoms with E-state index >= 15 is 0 Å². The molecule has 0 aliphatic heterocycles. The molecule has 0 saturated carbocycles. The van der Waals surface area contributed by atoms with Crippen LogP contribution in [0.1, 0.15) is 5.56 Å². The van der Waals surface area contributed by atoms with Crippen LogP contribution in [0, 0.1) is 6.92 Å². The molecule has 0 saturated heterocycles. The molecule has 1 rings (SSSR count). The molecule has 0 unspecified atom stereocenters. The van der Waals surface area contributed by atoms with Crippen molar-refractivity contribution >= 4 is 21.6 Å². The van der Waals surface area contributed by atoms with Gasteiger partial charge in [-0.3, -0.25) is 0 Å². The normalized spacial score (nSPS) is 9.15. The van der Waals surface area contributed by atoms with Gasteiger partial charge >= 0.3 is 0 Å². The zero-order valence-electron chi connectivity index (χ0n) is 7.28. The molecule has 4 nitrogen and oxygen atoms in total. The molecule has 0 fully saturated rings.